The Kier molecular flexibility index (Phi) is 7.49. The number of pyridine rings is 1. The zero-order valence-corrected chi connectivity index (χ0v) is 29.8. The Hall–Kier alpha value is -5.84. The molecule has 7 aromatic carbocycles. The van der Waals surface area contributed by atoms with Gasteiger partial charge in [0.15, 0.2) is 7.85 Å². The number of aromatic nitrogens is 3. The fraction of sp³-hybridized carbons (Fsp3) is 0.0455. The van der Waals surface area contributed by atoms with Gasteiger partial charge in [0, 0.05) is 18.1 Å². The maximum Gasteiger partial charge on any atom is 0.150 e. The second kappa shape index (κ2) is 12.1. The molecule has 0 bridgehead atoms. The van der Waals surface area contributed by atoms with Gasteiger partial charge in [-0.2, -0.15) is 0 Å². The van der Waals surface area contributed by atoms with Crippen LogP contribution in [0.3, 0.4) is 0 Å². The smallest absolute Gasteiger partial charge is 0.150 e. The average molecular weight is 665 g/mol. The largest absolute Gasteiger partial charge is 0.393 e. The number of para-hydroxylation sites is 2. The molecule has 0 aliphatic carbocycles. The van der Waals surface area contributed by atoms with Crippen LogP contribution in [0.2, 0.25) is 5.11 Å². The van der Waals surface area contributed by atoms with Crippen molar-refractivity contribution in [2.75, 3.05) is 0 Å². The van der Waals surface area contributed by atoms with Crippen molar-refractivity contribution in [2.24, 2.45) is 0 Å². The second-order valence-electron chi connectivity index (χ2n) is 15.0. The van der Waals surface area contributed by atoms with E-state index in [9.17, 15) is 5.11 Å². The average Bonchev–Trinajstić information content (AvgIpc) is 3.57. The summed E-state index contributed by atoms with van der Waals surface area (Å²) in [6.45, 7) is 0. The standard InChI is InChI=1S/C44H35B4N3O/c45-43(52,44(46,47)48)42-50-38-15-7-8-16-39(38)51(42)31-20-19-28-25-30(18-17-29(28)26-31)40-34-11-3-5-13-36(34)41(37-14-6-4-12-35(37)40)33-10-2-1-9-32(33)27-21-23-49-24-22-27/h1-26,52H,45-48H2. The Bertz CT molecular complexity index is 2770. The summed E-state index contributed by atoms with van der Waals surface area (Å²) in [5.74, 6) is 0.640. The summed E-state index contributed by atoms with van der Waals surface area (Å²) in [6, 6.07) is 52.0. The third kappa shape index (κ3) is 5.09. The Morgan fingerprint density at radius 3 is 1.75 bits per heavy atom. The van der Waals surface area contributed by atoms with Crippen LogP contribution in [0.25, 0.3) is 82.4 Å². The van der Waals surface area contributed by atoms with Crippen LogP contribution in [0, 0.1) is 0 Å². The van der Waals surface area contributed by atoms with Crippen molar-refractivity contribution in [3.05, 3.63) is 164 Å². The van der Waals surface area contributed by atoms with Gasteiger partial charge in [0.2, 0.25) is 0 Å². The molecule has 2 heterocycles. The van der Waals surface area contributed by atoms with Gasteiger partial charge in [0.1, 0.15) is 5.82 Å². The number of imidazole rings is 1. The highest BCUT2D eigenvalue weighted by Gasteiger charge is 2.41. The molecular weight excluding hydrogens is 630 g/mol. The SMILES string of the molecule is BC(B)(B)C(B)(O)c1nc2ccccc2n1-c1ccc2cc(-c3c4ccccc4c(-c4ccccc4-c4ccncc4)c4ccccc34)ccc2c1. The highest BCUT2D eigenvalue weighted by Crippen LogP contribution is 2.46. The van der Waals surface area contributed by atoms with Crippen LogP contribution in [0.15, 0.2) is 158 Å². The van der Waals surface area contributed by atoms with E-state index >= 15 is 0 Å². The zero-order chi connectivity index (χ0) is 35.6. The first-order valence-corrected chi connectivity index (χ1v) is 17.9. The Balaban J connectivity index is 1.24. The molecule has 0 saturated heterocycles. The molecule has 1 atom stereocenters. The third-order valence-corrected chi connectivity index (χ3v) is 10.9. The summed E-state index contributed by atoms with van der Waals surface area (Å²) in [6.07, 6.45) is 3.72. The first-order valence-electron chi connectivity index (χ1n) is 17.9. The number of hydrogen-bond acceptors (Lipinski definition) is 3. The van der Waals surface area contributed by atoms with E-state index in [2.05, 4.69) is 160 Å². The lowest BCUT2D eigenvalue weighted by Gasteiger charge is -2.37. The van der Waals surface area contributed by atoms with Crippen LogP contribution < -0.4 is 0 Å². The van der Waals surface area contributed by atoms with Crippen LogP contribution in [0.4, 0.5) is 0 Å². The molecule has 0 radical (unpaired) electrons. The van der Waals surface area contributed by atoms with Crippen LogP contribution >= 0.6 is 0 Å². The molecule has 0 amide bonds. The molecule has 244 valence electrons. The van der Waals surface area contributed by atoms with Gasteiger partial charge < -0.3 is 5.11 Å². The van der Waals surface area contributed by atoms with Gasteiger partial charge in [-0.05, 0) is 108 Å². The topological polar surface area (TPSA) is 50.9 Å². The highest BCUT2D eigenvalue weighted by molar-refractivity contribution is 6.62. The number of aliphatic hydroxyl groups is 1. The van der Waals surface area contributed by atoms with Crippen molar-refractivity contribution < 1.29 is 5.11 Å². The molecule has 4 nitrogen and oxygen atoms in total. The van der Waals surface area contributed by atoms with Crippen LogP contribution in [-0.4, -0.2) is 51.0 Å². The highest BCUT2D eigenvalue weighted by atomic mass is 16.3. The Labute approximate surface area is 306 Å². The van der Waals surface area contributed by atoms with E-state index in [4.69, 9.17) is 4.98 Å². The van der Waals surface area contributed by atoms with Crippen molar-refractivity contribution >= 4 is 74.7 Å². The lowest BCUT2D eigenvalue weighted by molar-refractivity contribution is 0.118. The number of benzene rings is 7. The van der Waals surface area contributed by atoms with Crippen molar-refractivity contribution in [1.82, 2.24) is 14.5 Å². The van der Waals surface area contributed by atoms with Crippen LogP contribution in [-0.2, 0) is 5.50 Å². The van der Waals surface area contributed by atoms with Crippen molar-refractivity contribution in [3.8, 4) is 39.1 Å². The quantitative estimate of drug-likeness (QED) is 0.160. The van der Waals surface area contributed by atoms with Crippen LogP contribution in [0.1, 0.15) is 5.82 Å². The lowest BCUT2D eigenvalue weighted by Crippen LogP contribution is -2.44. The molecule has 0 fully saturated rings. The third-order valence-electron chi connectivity index (χ3n) is 10.9. The fourth-order valence-electron chi connectivity index (χ4n) is 7.69. The molecule has 1 N–H and O–H groups in total. The van der Waals surface area contributed by atoms with Gasteiger partial charge in [-0.3, -0.25) is 9.55 Å². The Morgan fingerprint density at radius 2 is 1.08 bits per heavy atom. The summed E-state index contributed by atoms with van der Waals surface area (Å²) in [4.78, 5) is 9.26. The molecule has 0 saturated carbocycles. The molecular formula is C44H35B4N3O. The second-order valence-corrected chi connectivity index (χ2v) is 15.0. The number of rotatable bonds is 6. The molecule has 2 aromatic heterocycles. The molecule has 52 heavy (non-hydrogen) atoms. The van der Waals surface area contributed by atoms with Crippen LogP contribution in [0.5, 0.6) is 0 Å². The maximum absolute atomic E-state index is 11.9. The number of nitrogens with zero attached hydrogens (tertiary/aromatic N) is 3. The first-order chi connectivity index (χ1) is 25.2. The molecule has 1 unspecified atom stereocenters. The van der Waals surface area contributed by atoms with Gasteiger partial charge in [-0.25, -0.2) is 4.98 Å². The molecule has 0 aliphatic rings. The number of hydrogen-bond donors (Lipinski definition) is 1. The van der Waals surface area contributed by atoms with E-state index in [1.165, 1.54) is 49.4 Å². The molecule has 0 spiro atoms. The van der Waals surface area contributed by atoms with E-state index in [-0.39, 0.29) is 0 Å². The van der Waals surface area contributed by atoms with Gasteiger partial charge in [-0.15, -0.1) is 0 Å². The van der Waals surface area contributed by atoms with E-state index in [0.29, 0.717) is 5.82 Å². The molecule has 0 aliphatic heterocycles. The molecule has 8 heteroatoms. The zero-order valence-electron chi connectivity index (χ0n) is 29.8. The molecule has 9 aromatic rings. The normalized spacial score (nSPS) is 13.2. The fourth-order valence-corrected chi connectivity index (χ4v) is 7.69. The predicted molar refractivity (Wildman–Crippen MR) is 228 cm³/mol. The summed E-state index contributed by atoms with van der Waals surface area (Å²) in [7, 11) is 8.03. The van der Waals surface area contributed by atoms with Gasteiger partial charge in [0.25, 0.3) is 0 Å². The summed E-state index contributed by atoms with van der Waals surface area (Å²) in [5.41, 5.74) is 8.82. The van der Waals surface area contributed by atoms with Gasteiger partial charge in [-0.1, -0.05) is 108 Å². The summed E-state index contributed by atoms with van der Waals surface area (Å²) < 4.78 is 2.12. The number of fused-ring (bicyclic) bond motifs is 4. The summed E-state index contributed by atoms with van der Waals surface area (Å²) in [5, 5.41) is 18.6. The van der Waals surface area contributed by atoms with Gasteiger partial charge in [0.05, 0.1) is 40.1 Å². The minimum Gasteiger partial charge on any atom is -0.393 e. The van der Waals surface area contributed by atoms with Crippen molar-refractivity contribution in [3.63, 3.8) is 0 Å². The van der Waals surface area contributed by atoms with E-state index in [1.54, 1.807) is 0 Å². The van der Waals surface area contributed by atoms with E-state index in [1.807, 2.05) is 38.4 Å². The Morgan fingerprint density at radius 1 is 0.519 bits per heavy atom. The predicted octanol–water partition coefficient (Wildman–Crippen LogP) is 6.63. The van der Waals surface area contributed by atoms with Gasteiger partial charge >= 0.3 is 0 Å². The maximum atomic E-state index is 11.9. The molecule has 9 rings (SSSR count). The van der Waals surface area contributed by atoms with E-state index in [0.717, 1.165) is 33.1 Å². The van der Waals surface area contributed by atoms with E-state index < -0.39 is 10.6 Å². The van der Waals surface area contributed by atoms with Crippen molar-refractivity contribution in [2.45, 2.75) is 10.6 Å². The monoisotopic (exact) mass is 665 g/mol. The minimum atomic E-state index is -1.17. The lowest BCUT2D eigenvalue weighted by atomic mass is 9.32. The summed E-state index contributed by atoms with van der Waals surface area (Å²) >= 11 is 0. The van der Waals surface area contributed by atoms with Crippen molar-refractivity contribution in [1.29, 1.82) is 0 Å². The minimum absolute atomic E-state index is 0.430. The first kappa shape index (κ1) is 32.1.